The van der Waals surface area contributed by atoms with Crippen molar-refractivity contribution in [2.45, 2.75) is 6.54 Å². The van der Waals surface area contributed by atoms with Gasteiger partial charge in [-0.1, -0.05) is 21.0 Å². The summed E-state index contributed by atoms with van der Waals surface area (Å²) < 4.78 is 1.91. The molecule has 0 aliphatic rings. The highest BCUT2D eigenvalue weighted by Crippen LogP contribution is 2.19. The molecule has 0 fully saturated rings. The van der Waals surface area contributed by atoms with Crippen molar-refractivity contribution >= 4 is 34.0 Å². The third-order valence-electron chi connectivity index (χ3n) is 2.24. The topological polar surface area (TPSA) is 131 Å². The van der Waals surface area contributed by atoms with Crippen molar-refractivity contribution in [3.63, 3.8) is 0 Å². The predicted octanol–water partition coefficient (Wildman–Crippen LogP) is -0.126. The summed E-state index contributed by atoms with van der Waals surface area (Å²) >= 11 is 3.27. The van der Waals surface area contributed by atoms with E-state index in [9.17, 15) is 9.90 Å². The average molecular weight is 340 g/mol. The first-order valence-electron chi connectivity index (χ1n) is 5.38. The Bertz CT molecular complexity index is 655. The maximum Gasteiger partial charge on any atom is 0.261 e. The number of nitrogens with one attached hydrogen (secondary N) is 1. The number of phenolic OH excluding ortho intramolecular Hbond substituents is 1. The Morgan fingerprint density at radius 2 is 2.40 bits per heavy atom. The van der Waals surface area contributed by atoms with Crippen molar-refractivity contribution in [1.29, 1.82) is 0 Å². The van der Waals surface area contributed by atoms with Crippen LogP contribution in [0.25, 0.3) is 0 Å². The molecule has 10 heteroatoms. The van der Waals surface area contributed by atoms with Gasteiger partial charge in [0.1, 0.15) is 12.3 Å². The predicted molar refractivity (Wildman–Crippen MR) is 73.8 cm³/mol. The zero-order valence-electron chi connectivity index (χ0n) is 10.1. The number of phenols is 1. The number of aromatic hydroxyl groups is 1. The third kappa shape index (κ3) is 3.51. The monoisotopic (exact) mass is 339 g/mol. The lowest BCUT2D eigenvalue weighted by atomic mass is 10.2. The molecule has 0 unspecified atom stereocenters. The van der Waals surface area contributed by atoms with Crippen LogP contribution in [0.3, 0.4) is 0 Å². The number of carbonyl (C=O) groups is 1. The molecule has 0 saturated heterocycles. The molecule has 1 heterocycles. The van der Waals surface area contributed by atoms with E-state index in [1.54, 1.807) is 12.1 Å². The molecule has 1 aromatic heterocycles. The van der Waals surface area contributed by atoms with Crippen molar-refractivity contribution < 1.29 is 9.90 Å². The summed E-state index contributed by atoms with van der Waals surface area (Å²) in [5.74, 6) is -0.362. The fourth-order valence-corrected chi connectivity index (χ4v) is 1.68. The fourth-order valence-electron chi connectivity index (χ4n) is 1.30. The summed E-state index contributed by atoms with van der Waals surface area (Å²) in [7, 11) is 0. The van der Waals surface area contributed by atoms with E-state index in [-0.39, 0.29) is 18.2 Å². The van der Waals surface area contributed by atoms with Crippen LogP contribution in [0.2, 0.25) is 0 Å². The largest absolute Gasteiger partial charge is 0.507 e. The van der Waals surface area contributed by atoms with Gasteiger partial charge in [0, 0.05) is 10.0 Å². The molecule has 4 N–H and O–H groups in total. The Labute approximate surface area is 121 Å². The van der Waals surface area contributed by atoms with Gasteiger partial charge in [-0.25, -0.2) is 10.1 Å². The van der Waals surface area contributed by atoms with Crippen LogP contribution in [-0.2, 0) is 11.3 Å². The number of amides is 1. The molecule has 0 aliphatic heterocycles. The summed E-state index contributed by atoms with van der Waals surface area (Å²) in [6.45, 7) is -0.152. The molecule has 0 radical (unpaired) electrons. The molecule has 0 spiro atoms. The number of carbonyl (C=O) groups excluding carboxylic acids is 1. The number of tetrazole rings is 1. The van der Waals surface area contributed by atoms with Gasteiger partial charge in [-0.15, -0.1) is 0 Å². The van der Waals surface area contributed by atoms with Gasteiger partial charge in [-0.2, -0.15) is 5.10 Å². The van der Waals surface area contributed by atoms with Gasteiger partial charge >= 0.3 is 0 Å². The summed E-state index contributed by atoms with van der Waals surface area (Å²) in [5.41, 5.74) is 8.15. The number of aromatic nitrogens is 4. The molecule has 0 aliphatic carbocycles. The van der Waals surface area contributed by atoms with Crippen LogP contribution in [0.15, 0.2) is 27.8 Å². The Morgan fingerprint density at radius 1 is 1.60 bits per heavy atom. The Balaban J connectivity index is 1.94. The highest BCUT2D eigenvalue weighted by molar-refractivity contribution is 9.10. The standard InChI is InChI=1S/C10H10BrN7O2/c11-7-1-2-8(19)6(3-7)4-13-14-9(20)5-18-10(12)15-16-17-18/h1-4,19H,5H2,(H,14,20)(H2,12,15,17)/b13-4+. The normalized spacial score (nSPS) is 10.8. The molecule has 1 amide bonds. The molecule has 9 nitrogen and oxygen atoms in total. The molecule has 20 heavy (non-hydrogen) atoms. The number of hydrazone groups is 1. The minimum Gasteiger partial charge on any atom is -0.507 e. The lowest BCUT2D eigenvalue weighted by Gasteiger charge is -2.01. The van der Waals surface area contributed by atoms with E-state index in [1.807, 2.05) is 0 Å². The minimum atomic E-state index is -0.449. The average Bonchev–Trinajstić information content (AvgIpc) is 2.79. The van der Waals surface area contributed by atoms with E-state index in [2.05, 4.69) is 42.0 Å². The SMILES string of the molecule is Nc1nnnn1CC(=O)N/N=C/c1cc(Br)ccc1O. The number of benzene rings is 1. The summed E-state index contributed by atoms with van der Waals surface area (Å²) in [4.78, 5) is 11.5. The Hall–Kier alpha value is -2.49. The maximum absolute atomic E-state index is 11.5. The summed E-state index contributed by atoms with van der Waals surface area (Å²) in [6, 6.07) is 4.85. The highest BCUT2D eigenvalue weighted by Gasteiger charge is 2.06. The smallest absolute Gasteiger partial charge is 0.261 e. The number of halogens is 1. The van der Waals surface area contributed by atoms with Crippen LogP contribution in [0.4, 0.5) is 5.95 Å². The molecule has 2 aromatic rings. The van der Waals surface area contributed by atoms with Gasteiger partial charge in [-0.05, 0) is 28.6 Å². The van der Waals surface area contributed by atoms with E-state index in [4.69, 9.17) is 5.73 Å². The van der Waals surface area contributed by atoms with Crippen LogP contribution in [-0.4, -0.2) is 37.4 Å². The Morgan fingerprint density at radius 3 is 3.10 bits per heavy atom. The van der Waals surface area contributed by atoms with E-state index in [0.29, 0.717) is 5.56 Å². The van der Waals surface area contributed by atoms with Crippen molar-refractivity contribution in [1.82, 2.24) is 25.6 Å². The van der Waals surface area contributed by atoms with E-state index >= 15 is 0 Å². The van der Waals surface area contributed by atoms with Crippen molar-refractivity contribution in [2.24, 2.45) is 5.10 Å². The van der Waals surface area contributed by atoms with Gasteiger partial charge in [0.15, 0.2) is 0 Å². The summed E-state index contributed by atoms with van der Waals surface area (Å²) in [6.07, 6.45) is 1.32. The van der Waals surface area contributed by atoms with Gasteiger partial charge in [0.2, 0.25) is 5.95 Å². The van der Waals surface area contributed by atoms with Crippen molar-refractivity contribution in [3.8, 4) is 5.75 Å². The van der Waals surface area contributed by atoms with Gasteiger partial charge in [0.05, 0.1) is 6.21 Å². The molecular weight excluding hydrogens is 330 g/mol. The van der Waals surface area contributed by atoms with Gasteiger partial charge < -0.3 is 10.8 Å². The molecule has 1 aromatic carbocycles. The van der Waals surface area contributed by atoms with Crippen LogP contribution >= 0.6 is 15.9 Å². The number of anilines is 1. The van der Waals surface area contributed by atoms with Crippen LogP contribution < -0.4 is 11.2 Å². The first-order valence-corrected chi connectivity index (χ1v) is 6.17. The zero-order chi connectivity index (χ0) is 14.5. The molecule has 2 rings (SSSR count). The van der Waals surface area contributed by atoms with E-state index in [1.165, 1.54) is 12.3 Å². The van der Waals surface area contributed by atoms with E-state index in [0.717, 1.165) is 9.15 Å². The first-order chi connectivity index (χ1) is 9.56. The molecule has 0 saturated carbocycles. The third-order valence-corrected chi connectivity index (χ3v) is 2.73. The van der Waals surface area contributed by atoms with Crippen LogP contribution in [0.1, 0.15) is 5.56 Å². The number of nitrogens with two attached hydrogens (primary N) is 1. The lowest BCUT2D eigenvalue weighted by molar-refractivity contribution is -0.121. The van der Waals surface area contributed by atoms with Crippen LogP contribution in [0.5, 0.6) is 5.75 Å². The maximum atomic E-state index is 11.5. The second-order valence-electron chi connectivity index (χ2n) is 3.69. The van der Waals surface area contributed by atoms with E-state index < -0.39 is 5.91 Å². The summed E-state index contributed by atoms with van der Waals surface area (Å²) in [5, 5.41) is 23.6. The number of nitrogens with zero attached hydrogens (tertiary/aromatic N) is 5. The zero-order valence-corrected chi connectivity index (χ0v) is 11.6. The molecule has 0 bridgehead atoms. The lowest BCUT2D eigenvalue weighted by Crippen LogP contribution is -2.24. The Kier molecular flexibility index (Phi) is 4.25. The molecule has 0 atom stereocenters. The molecule has 104 valence electrons. The highest BCUT2D eigenvalue weighted by atomic mass is 79.9. The number of nitrogen functional groups attached to an aromatic ring is 1. The number of hydrogen-bond donors (Lipinski definition) is 3. The number of rotatable bonds is 4. The second-order valence-corrected chi connectivity index (χ2v) is 4.61. The van der Waals surface area contributed by atoms with Crippen molar-refractivity contribution in [2.75, 3.05) is 5.73 Å². The van der Waals surface area contributed by atoms with Gasteiger partial charge in [0.25, 0.3) is 5.91 Å². The minimum absolute atomic E-state index is 0.0359. The first kappa shape index (κ1) is 13.9. The van der Waals surface area contributed by atoms with Gasteiger partial charge in [-0.3, -0.25) is 4.79 Å². The quantitative estimate of drug-likeness (QED) is 0.525. The fraction of sp³-hybridized carbons (Fsp3) is 0.100. The molecular formula is C10H10BrN7O2. The second kappa shape index (κ2) is 6.10. The van der Waals surface area contributed by atoms with Crippen LogP contribution in [0, 0.1) is 0 Å². The van der Waals surface area contributed by atoms with Crippen molar-refractivity contribution in [3.05, 3.63) is 28.2 Å². The number of hydrogen-bond acceptors (Lipinski definition) is 7.